The van der Waals surface area contributed by atoms with Gasteiger partial charge in [-0.1, -0.05) is 11.6 Å². The lowest BCUT2D eigenvalue weighted by Crippen LogP contribution is -2.26. The number of pyridine rings is 1. The van der Waals surface area contributed by atoms with Crippen molar-refractivity contribution in [2.45, 2.75) is 43.5 Å². The fourth-order valence-electron chi connectivity index (χ4n) is 3.13. The Morgan fingerprint density at radius 1 is 1.04 bits per heavy atom. The van der Waals surface area contributed by atoms with Gasteiger partial charge in [0.05, 0.1) is 4.90 Å². The number of aromatic nitrogens is 1. The second-order valence-electron chi connectivity index (χ2n) is 6.82. The summed E-state index contributed by atoms with van der Waals surface area (Å²) < 4.78 is 27.5. The van der Waals surface area contributed by atoms with Crippen molar-refractivity contribution in [2.75, 3.05) is 6.54 Å². The molecule has 1 aromatic heterocycles. The van der Waals surface area contributed by atoms with Crippen LogP contribution in [0.4, 0.5) is 0 Å². The molecule has 0 saturated carbocycles. The normalized spacial score (nSPS) is 14.4. The molecular weight excluding hydrogens is 374 g/mol. The third-order valence-electron chi connectivity index (χ3n) is 4.75. The maximum Gasteiger partial charge on any atom is 0.251 e. The lowest BCUT2D eigenvalue weighted by Gasteiger charge is -2.13. The second-order valence-corrected chi connectivity index (χ2v) is 8.59. The summed E-state index contributed by atoms with van der Waals surface area (Å²) >= 11 is 0. The van der Waals surface area contributed by atoms with E-state index in [1.54, 1.807) is 12.4 Å². The minimum absolute atomic E-state index is 0.163. The predicted molar refractivity (Wildman–Crippen MR) is 108 cm³/mol. The zero-order valence-corrected chi connectivity index (χ0v) is 16.5. The molecule has 0 radical (unpaired) electrons. The van der Waals surface area contributed by atoms with Crippen LogP contribution in [0.1, 0.15) is 48.0 Å². The van der Waals surface area contributed by atoms with Crippen molar-refractivity contribution < 1.29 is 13.2 Å². The molecule has 6 nitrogen and oxygen atoms in total. The Morgan fingerprint density at radius 2 is 1.79 bits per heavy atom. The fraction of sp³-hybridized carbons (Fsp3) is 0.333. The Labute approximate surface area is 166 Å². The summed E-state index contributed by atoms with van der Waals surface area (Å²) in [5.74, 6) is -0.252. The van der Waals surface area contributed by atoms with Crippen LogP contribution in [0.3, 0.4) is 0 Å². The van der Waals surface area contributed by atoms with Crippen molar-refractivity contribution in [3.05, 3.63) is 71.6 Å². The molecular formula is C21H25N3O3S. The fourth-order valence-corrected chi connectivity index (χ4v) is 4.16. The van der Waals surface area contributed by atoms with Gasteiger partial charge in [-0.3, -0.25) is 9.78 Å². The second kappa shape index (κ2) is 9.61. The summed E-state index contributed by atoms with van der Waals surface area (Å²) in [6, 6.07) is 9.63. The van der Waals surface area contributed by atoms with Gasteiger partial charge in [-0.25, -0.2) is 13.1 Å². The topological polar surface area (TPSA) is 88.2 Å². The van der Waals surface area contributed by atoms with Gasteiger partial charge < -0.3 is 5.32 Å². The van der Waals surface area contributed by atoms with E-state index in [0.717, 1.165) is 24.8 Å². The summed E-state index contributed by atoms with van der Waals surface area (Å²) in [6.07, 6.45) is 10.8. The van der Waals surface area contributed by atoms with Crippen LogP contribution in [-0.4, -0.2) is 25.9 Å². The zero-order valence-electron chi connectivity index (χ0n) is 15.7. The summed E-state index contributed by atoms with van der Waals surface area (Å²) in [5, 5.41) is 2.81. The van der Waals surface area contributed by atoms with Gasteiger partial charge in [-0.05, 0) is 74.1 Å². The largest absolute Gasteiger partial charge is 0.348 e. The molecule has 0 atom stereocenters. The van der Waals surface area contributed by atoms with E-state index in [1.165, 1.54) is 42.7 Å². The molecule has 1 aliphatic rings. The Kier molecular flexibility index (Phi) is 6.95. The summed E-state index contributed by atoms with van der Waals surface area (Å²) in [4.78, 5) is 16.3. The highest BCUT2D eigenvalue weighted by atomic mass is 32.2. The van der Waals surface area contributed by atoms with Crippen LogP contribution in [0, 0.1) is 0 Å². The number of nitrogens with zero attached hydrogens (tertiary/aromatic N) is 1. The summed E-state index contributed by atoms with van der Waals surface area (Å²) in [6.45, 7) is 0.779. The molecule has 0 spiro atoms. The monoisotopic (exact) mass is 399 g/mol. The highest BCUT2D eigenvalue weighted by Gasteiger charge is 2.15. The molecule has 0 saturated heterocycles. The standard InChI is InChI=1S/C21H25N3O3S/c25-21(23-16-18-10-13-22-14-11-18)19-6-8-20(9-7-19)28(26,27)24-15-12-17-4-2-1-3-5-17/h4,6-11,13-14,24H,1-3,5,12,15-16H2,(H,23,25). The number of carbonyl (C=O) groups is 1. The number of nitrogens with one attached hydrogen (secondary N) is 2. The van der Waals surface area contributed by atoms with E-state index in [0.29, 0.717) is 18.7 Å². The van der Waals surface area contributed by atoms with E-state index in [2.05, 4.69) is 21.1 Å². The minimum atomic E-state index is -3.57. The lowest BCUT2D eigenvalue weighted by molar-refractivity contribution is 0.0951. The van der Waals surface area contributed by atoms with E-state index in [1.807, 2.05) is 12.1 Å². The number of benzene rings is 1. The SMILES string of the molecule is O=C(NCc1ccncc1)c1ccc(S(=O)(=O)NCCC2=CCCCC2)cc1. The molecule has 0 fully saturated rings. The van der Waals surface area contributed by atoms with Crippen LogP contribution < -0.4 is 10.0 Å². The van der Waals surface area contributed by atoms with E-state index in [4.69, 9.17) is 0 Å². The maximum atomic E-state index is 12.4. The third kappa shape index (κ3) is 5.74. The van der Waals surface area contributed by atoms with E-state index < -0.39 is 10.0 Å². The van der Waals surface area contributed by atoms with Crippen LogP contribution in [0.5, 0.6) is 0 Å². The molecule has 148 valence electrons. The Hall–Kier alpha value is -2.51. The van der Waals surface area contributed by atoms with E-state index in [-0.39, 0.29) is 10.8 Å². The van der Waals surface area contributed by atoms with Gasteiger partial charge >= 0.3 is 0 Å². The molecule has 28 heavy (non-hydrogen) atoms. The zero-order chi connectivity index (χ0) is 19.8. The number of amides is 1. The molecule has 3 rings (SSSR count). The number of allylic oxidation sites excluding steroid dienone is 1. The average molecular weight is 400 g/mol. The molecule has 1 amide bonds. The van der Waals surface area contributed by atoms with Crippen molar-refractivity contribution in [3.63, 3.8) is 0 Å². The van der Waals surface area contributed by atoms with Crippen LogP contribution in [0.15, 0.2) is 65.3 Å². The molecule has 7 heteroatoms. The van der Waals surface area contributed by atoms with Crippen molar-refractivity contribution in [3.8, 4) is 0 Å². The molecule has 1 heterocycles. The molecule has 2 N–H and O–H groups in total. The van der Waals surface area contributed by atoms with Gasteiger partial charge in [0.2, 0.25) is 10.0 Å². The molecule has 0 aliphatic heterocycles. The Morgan fingerprint density at radius 3 is 2.46 bits per heavy atom. The highest BCUT2D eigenvalue weighted by Crippen LogP contribution is 2.20. The summed E-state index contributed by atoms with van der Waals surface area (Å²) in [7, 11) is -3.57. The van der Waals surface area contributed by atoms with Crippen LogP contribution >= 0.6 is 0 Å². The van der Waals surface area contributed by atoms with Crippen LogP contribution in [-0.2, 0) is 16.6 Å². The minimum Gasteiger partial charge on any atom is -0.348 e. The van der Waals surface area contributed by atoms with Crippen molar-refractivity contribution in [2.24, 2.45) is 0 Å². The first-order chi connectivity index (χ1) is 13.5. The van der Waals surface area contributed by atoms with Crippen LogP contribution in [0.25, 0.3) is 0 Å². The van der Waals surface area contributed by atoms with Crippen molar-refractivity contribution in [1.82, 2.24) is 15.0 Å². The lowest BCUT2D eigenvalue weighted by atomic mass is 9.97. The van der Waals surface area contributed by atoms with Gasteiger partial charge in [0.1, 0.15) is 0 Å². The summed E-state index contributed by atoms with van der Waals surface area (Å²) in [5.41, 5.74) is 2.69. The molecule has 0 bridgehead atoms. The molecule has 1 aromatic carbocycles. The van der Waals surface area contributed by atoms with E-state index in [9.17, 15) is 13.2 Å². The van der Waals surface area contributed by atoms with Crippen molar-refractivity contribution in [1.29, 1.82) is 0 Å². The third-order valence-corrected chi connectivity index (χ3v) is 6.23. The number of carbonyl (C=O) groups excluding carboxylic acids is 1. The Bertz CT molecular complexity index is 923. The Balaban J connectivity index is 1.53. The molecule has 1 aliphatic carbocycles. The number of sulfonamides is 1. The van der Waals surface area contributed by atoms with Gasteiger partial charge in [0, 0.05) is 31.0 Å². The average Bonchev–Trinajstić information content (AvgIpc) is 2.73. The number of hydrogen-bond acceptors (Lipinski definition) is 4. The number of rotatable bonds is 8. The van der Waals surface area contributed by atoms with E-state index >= 15 is 0 Å². The van der Waals surface area contributed by atoms with Crippen LogP contribution in [0.2, 0.25) is 0 Å². The maximum absolute atomic E-state index is 12.4. The molecule has 2 aromatic rings. The van der Waals surface area contributed by atoms with Gasteiger partial charge in [0.25, 0.3) is 5.91 Å². The van der Waals surface area contributed by atoms with Gasteiger partial charge in [-0.15, -0.1) is 0 Å². The quantitative estimate of drug-likeness (QED) is 0.668. The highest BCUT2D eigenvalue weighted by molar-refractivity contribution is 7.89. The predicted octanol–water partition coefficient (Wildman–Crippen LogP) is 3.18. The van der Waals surface area contributed by atoms with Crippen molar-refractivity contribution >= 4 is 15.9 Å². The molecule has 0 unspecified atom stereocenters. The van der Waals surface area contributed by atoms with Gasteiger partial charge in [0.15, 0.2) is 0 Å². The first-order valence-electron chi connectivity index (χ1n) is 9.49. The first-order valence-corrected chi connectivity index (χ1v) is 11.0. The van der Waals surface area contributed by atoms with Gasteiger partial charge in [-0.2, -0.15) is 0 Å². The smallest absolute Gasteiger partial charge is 0.251 e. The first kappa shape index (κ1) is 20.2. The number of hydrogen-bond donors (Lipinski definition) is 2.